The molecule has 0 aromatic heterocycles. The Bertz CT molecular complexity index is 413. The van der Waals surface area contributed by atoms with Crippen LogP contribution < -0.4 is 10.9 Å². The minimum Gasteiger partial charge on any atom is -0.273 e. The smallest absolute Gasteiger partial charge is 0.240 e. The standard InChI is InChI=1S/C17H28N4O2/c22-16(20-18-14-8-3-1-4-9-14)12-7-13-17(23)21-19-15-10-5-2-6-11-15/h1-13H2,(H,20,22)(H,21,23). The largest absolute Gasteiger partial charge is 0.273 e. The first-order chi connectivity index (χ1) is 11.2. The lowest BCUT2D eigenvalue weighted by molar-refractivity contribution is -0.122. The number of hydrogen-bond acceptors (Lipinski definition) is 4. The fourth-order valence-electron chi connectivity index (χ4n) is 2.95. The minimum absolute atomic E-state index is 0.116. The Morgan fingerprint density at radius 3 is 1.48 bits per heavy atom. The second-order valence-corrected chi connectivity index (χ2v) is 6.40. The molecule has 2 N–H and O–H groups in total. The summed E-state index contributed by atoms with van der Waals surface area (Å²) in [5.41, 5.74) is 7.38. The first kappa shape index (κ1) is 17.6. The zero-order valence-electron chi connectivity index (χ0n) is 13.9. The lowest BCUT2D eigenvalue weighted by Crippen LogP contribution is -2.22. The van der Waals surface area contributed by atoms with Crippen molar-refractivity contribution in [1.82, 2.24) is 10.9 Å². The summed E-state index contributed by atoms with van der Waals surface area (Å²) in [5, 5.41) is 8.35. The fraction of sp³-hybridized carbons (Fsp3) is 0.765. The maximum Gasteiger partial charge on any atom is 0.240 e. The predicted octanol–water partition coefficient (Wildman–Crippen LogP) is 3.03. The SMILES string of the molecule is O=C(CCCC(=O)NN=C1CCCCC1)NN=C1CCCCC1. The lowest BCUT2D eigenvalue weighted by Gasteiger charge is -2.12. The van der Waals surface area contributed by atoms with Gasteiger partial charge in [-0.2, -0.15) is 10.2 Å². The van der Waals surface area contributed by atoms with Crippen molar-refractivity contribution in [2.24, 2.45) is 10.2 Å². The summed E-state index contributed by atoms with van der Waals surface area (Å²) in [6.45, 7) is 0. The van der Waals surface area contributed by atoms with Crippen molar-refractivity contribution in [3.63, 3.8) is 0 Å². The molecule has 0 spiro atoms. The number of nitrogens with one attached hydrogen (secondary N) is 2. The van der Waals surface area contributed by atoms with Crippen LogP contribution in [0.15, 0.2) is 10.2 Å². The molecule has 0 radical (unpaired) electrons. The van der Waals surface area contributed by atoms with Gasteiger partial charge in [-0.05, 0) is 57.8 Å². The number of carbonyl (C=O) groups excluding carboxylic acids is 2. The van der Waals surface area contributed by atoms with E-state index in [4.69, 9.17) is 0 Å². The molecule has 128 valence electrons. The molecule has 0 saturated heterocycles. The van der Waals surface area contributed by atoms with Crippen molar-refractivity contribution >= 4 is 23.2 Å². The van der Waals surface area contributed by atoms with Gasteiger partial charge >= 0.3 is 0 Å². The van der Waals surface area contributed by atoms with Crippen molar-refractivity contribution < 1.29 is 9.59 Å². The van der Waals surface area contributed by atoms with Crippen LogP contribution in [-0.2, 0) is 9.59 Å². The number of rotatable bonds is 6. The van der Waals surface area contributed by atoms with E-state index < -0.39 is 0 Å². The van der Waals surface area contributed by atoms with Crippen LogP contribution in [0.3, 0.4) is 0 Å². The second kappa shape index (κ2) is 10.1. The number of hydrazone groups is 2. The summed E-state index contributed by atoms with van der Waals surface area (Å²) >= 11 is 0. The van der Waals surface area contributed by atoms with Crippen molar-refractivity contribution in [2.45, 2.75) is 83.5 Å². The first-order valence-corrected chi connectivity index (χ1v) is 8.92. The van der Waals surface area contributed by atoms with Crippen molar-refractivity contribution in [1.29, 1.82) is 0 Å². The second-order valence-electron chi connectivity index (χ2n) is 6.40. The average molecular weight is 320 g/mol. The van der Waals surface area contributed by atoms with E-state index in [9.17, 15) is 9.59 Å². The van der Waals surface area contributed by atoms with Gasteiger partial charge in [-0.3, -0.25) is 9.59 Å². The third kappa shape index (κ3) is 7.39. The van der Waals surface area contributed by atoms with Crippen LogP contribution in [-0.4, -0.2) is 23.2 Å². The zero-order chi connectivity index (χ0) is 16.3. The summed E-state index contributed by atoms with van der Waals surface area (Å²) in [4.78, 5) is 23.4. The van der Waals surface area contributed by atoms with E-state index in [-0.39, 0.29) is 11.8 Å². The Morgan fingerprint density at radius 1 is 0.696 bits per heavy atom. The van der Waals surface area contributed by atoms with Gasteiger partial charge in [0, 0.05) is 24.3 Å². The zero-order valence-corrected chi connectivity index (χ0v) is 13.9. The van der Waals surface area contributed by atoms with E-state index in [0.717, 1.165) is 62.8 Å². The molecule has 0 unspecified atom stereocenters. The quantitative estimate of drug-likeness (QED) is 0.737. The molecular weight excluding hydrogens is 292 g/mol. The van der Waals surface area contributed by atoms with Crippen LogP contribution in [0.2, 0.25) is 0 Å². The monoisotopic (exact) mass is 320 g/mol. The number of nitrogens with zero attached hydrogens (tertiary/aromatic N) is 2. The van der Waals surface area contributed by atoms with Crippen LogP contribution >= 0.6 is 0 Å². The van der Waals surface area contributed by atoms with E-state index in [1.807, 2.05) is 0 Å². The van der Waals surface area contributed by atoms with E-state index in [0.29, 0.717) is 19.3 Å². The van der Waals surface area contributed by atoms with Gasteiger partial charge in [0.25, 0.3) is 0 Å². The summed E-state index contributed by atoms with van der Waals surface area (Å²) in [6.07, 6.45) is 12.3. The van der Waals surface area contributed by atoms with Crippen molar-refractivity contribution in [2.75, 3.05) is 0 Å². The Hall–Kier alpha value is -1.72. The Morgan fingerprint density at radius 2 is 1.09 bits per heavy atom. The molecule has 23 heavy (non-hydrogen) atoms. The van der Waals surface area contributed by atoms with E-state index in [1.54, 1.807) is 0 Å². The fourth-order valence-corrected chi connectivity index (χ4v) is 2.95. The van der Waals surface area contributed by atoms with Crippen molar-refractivity contribution in [3.8, 4) is 0 Å². The third-order valence-electron chi connectivity index (χ3n) is 4.35. The van der Waals surface area contributed by atoms with E-state index >= 15 is 0 Å². The number of amides is 2. The van der Waals surface area contributed by atoms with Gasteiger partial charge in [0.05, 0.1) is 0 Å². The molecule has 0 atom stereocenters. The average Bonchev–Trinajstić information content (AvgIpc) is 2.60. The van der Waals surface area contributed by atoms with Crippen LogP contribution in [0.25, 0.3) is 0 Å². The Balaban J connectivity index is 1.56. The molecular formula is C17H28N4O2. The molecule has 2 fully saturated rings. The number of carbonyl (C=O) groups is 2. The normalized spacial score (nSPS) is 18.3. The topological polar surface area (TPSA) is 82.9 Å². The molecule has 0 aromatic carbocycles. The Kier molecular flexibility index (Phi) is 7.77. The van der Waals surface area contributed by atoms with Gasteiger partial charge in [-0.25, -0.2) is 10.9 Å². The molecule has 0 heterocycles. The number of hydrogen-bond donors (Lipinski definition) is 2. The van der Waals surface area contributed by atoms with Crippen LogP contribution in [0.4, 0.5) is 0 Å². The molecule has 2 amide bonds. The molecule has 6 heteroatoms. The molecule has 0 aromatic rings. The van der Waals surface area contributed by atoms with Gasteiger partial charge in [0.15, 0.2) is 0 Å². The van der Waals surface area contributed by atoms with Gasteiger partial charge in [0.2, 0.25) is 11.8 Å². The van der Waals surface area contributed by atoms with E-state index in [1.165, 1.54) is 12.8 Å². The molecule has 0 bridgehead atoms. The van der Waals surface area contributed by atoms with E-state index in [2.05, 4.69) is 21.1 Å². The summed E-state index contributed by atoms with van der Waals surface area (Å²) in [5.74, 6) is -0.232. The molecule has 2 aliphatic carbocycles. The maximum atomic E-state index is 11.7. The molecule has 6 nitrogen and oxygen atoms in total. The van der Waals surface area contributed by atoms with Crippen molar-refractivity contribution in [3.05, 3.63) is 0 Å². The van der Waals surface area contributed by atoms with Gasteiger partial charge in [-0.15, -0.1) is 0 Å². The van der Waals surface area contributed by atoms with Gasteiger partial charge in [0.1, 0.15) is 0 Å². The maximum absolute atomic E-state index is 11.7. The third-order valence-corrected chi connectivity index (χ3v) is 4.35. The molecule has 2 rings (SSSR count). The molecule has 2 saturated carbocycles. The summed E-state index contributed by atoms with van der Waals surface area (Å²) < 4.78 is 0. The Labute approximate surface area is 138 Å². The highest BCUT2D eigenvalue weighted by atomic mass is 16.2. The highest BCUT2D eigenvalue weighted by Crippen LogP contribution is 2.15. The van der Waals surface area contributed by atoms with Gasteiger partial charge < -0.3 is 0 Å². The van der Waals surface area contributed by atoms with Gasteiger partial charge in [-0.1, -0.05) is 12.8 Å². The van der Waals surface area contributed by atoms with Crippen LogP contribution in [0, 0.1) is 0 Å². The summed E-state index contributed by atoms with van der Waals surface area (Å²) in [7, 11) is 0. The first-order valence-electron chi connectivity index (χ1n) is 8.92. The van der Waals surface area contributed by atoms with Crippen LogP contribution in [0.5, 0.6) is 0 Å². The molecule has 0 aliphatic heterocycles. The summed E-state index contributed by atoms with van der Waals surface area (Å²) in [6, 6.07) is 0. The predicted molar refractivity (Wildman–Crippen MR) is 91.2 cm³/mol. The lowest BCUT2D eigenvalue weighted by atomic mass is 9.99. The highest BCUT2D eigenvalue weighted by Gasteiger charge is 2.09. The minimum atomic E-state index is -0.116. The molecule has 2 aliphatic rings. The van der Waals surface area contributed by atoms with Crippen LogP contribution in [0.1, 0.15) is 83.5 Å². The highest BCUT2D eigenvalue weighted by molar-refractivity contribution is 5.87.